The van der Waals surface area contributed by atoms with Gasteiger partial charge in [0, 0.05) is 13.6 Å². The summed E-state index contributed by atoms with van der Waals surface area (Å²) in [4.78, 5) is 10.5. The van der Waals surface area contributed by atoms with Crippen LogP contribution in [0.3, 0.4) is 0 Å². The number of carboxylic acids is 1. The predicted molar refractivity (Wildman–Crippen MR) is 78.0 cm³/mol. The molecular weight excluding hydrogens is 280 g/mol. The van der Waals surface area contributed by atoms with Crippen LogP contribution in [0.15, 0.2) is 24.3 Å². The van der Waals surface area contributed by atoms with Gasteiger partial charge in [0.25, 0.3) is 0 Å². The van der Waals surface area contributed by atoms with Crippen LogP contribution in [0.5, 0.6) is 0 Å². The summed E-state index contributed by atoms with van der Waals surface area (Å²) in [6.07, 6.45) is -0.233. The van der Waals surface area contributed by atoms with Crippen molar-refractivity contribution < 1.29 is 18.3 Å². The van der Waals surface area contributed by atoms with Crippen LogP contribution in [0.25, 0.3) is 0 Å². The third-order valence-electron chi connectivity index (χ3n) is 2.85. The molecule has 0 aliphatic rings. The molecular formula is C13H20N2O4S. The molecule has 0 atom stereocenters. The van der Waals surface area contributed by atoms with Gasteiger partial charge in [-0.05, 0) is 23.6 Å². The third kappa shape index (κ3) is 4.82. The van der Waals surface area contributed by atoms with Crippen LogP contribution < -0.4 is 4.72 Å². The van der Waals surface area contributed by atoms with Gasteiger partial charge in [-0.3, -0.25) is 9.52 Å². The molecule has 0 bridgehead atoms. The fraction of sp³-hybridized carbons (Fsp3) is 0.462. The monoisotopic (exact) mass is 300 g/mol. The molecule has 0 spiro atoms. The number of benzene rings is 1. The standard InChI is InChI=1S/C13H20N2O4S/c1-10(2)11-5-4-6-12(9-11)14-20(18,19)15(3)8-7-13(16)17/h4-6,9-10,14H,7-8H2,1-3H3,(H,16,17). The maximum atomic E-state index is 12.0. The number of rotatable bonds is 7. The van der Waals surface area contributed by atoms with Gasteiger partial charge >= 0.3 is 16.2 Å². The van der Waals surface area contributed by atoms with Crippen LogP contribution in [-0.2, 0) is 15.0 Å². The average molecular weight is 300 g/mol. The third-order valence-corrected chi connectivity index (χ3v) is 4.35. The van der Waals surface area contributed by atoms with Crippen molar-refractivity contribution in [3.63, 3.8) is 0 Å². The van der Waals surface area contributed by atoms with Crippen molar-refractivity contribution in [2.45, 2.75) is 26.2 Å². The first-order valence-corrected chi connectivity index (χ1v) is 7.72. The van der Waals surface area contributed by atoms with Gasteiger partial charge in [-0.15, -0.1) is 0 Å². The molecule has 0 saturated heterocycles. The van der Waals surface area contributed by atoms with Crippen LogP contribution in [0.4, 0.5) is 5.69 Å². The number of carboxylic acid groups (broad SMARTS) is 1. The van der Waals surface area contributed by atoms with Crippen molar-refractivity contribution in [1.29, 1.82) is 0 Å². The number of anilines is 1. The second-order valence-electron chi connectivity index (χ2n) is 4.85. The van der Waals surface area contributed by atoms with Crippen molar-refractivity contribution in [3.8, 4) is 0 Å². The highest BCUT2D eigenvalue weighted by Crippen LogP contribution is 2.19. The largest absolute Gasteiger partial charge is 0.481 e. The summed E-state index contributed by atoms with van der Waals surface area (Å²) < 4.78 is 27.5. The Morgan fingerprint density at radius 2 is 2.05 bits per heavy atom. The molecule has 0 aliphatic heterocycles. The Morgan fingerprint density at radius 1 is 1.40 bits per heavy atom. The molecule has 0 aliphatic carbocycles. The summed E-state index contributed by atoms with van der Waals surface area (Å²) in [6.45, 7) is 3.97. The van der Waals surface area contributed by atoms with E-state index >= 15 is 0 Å². The fourth-order valence-corrected chi connectivity index (χ4v) is 2.47. The highest BCUT2D eigenvalue weighted by Gasteiger charge is 2.18. The molecule has 1 aromatic carbocycles. The Bertz CT molecular complexity index is 569. The molecule has 0 heterocycles. The first kappa shape index (κ1) is 16.5. The van der Waals surface area contributed by atoms with Gasteiger partial charge in [0.05, 0.1) is 12.1 Å². The van der Waals surface area contributed by atoms with E-state index in [1.54, 1.807) is 18.2 Å². The minimum atomic E-state index is -3.73. The van der Waals surface area contributed by atoms with Crippen LogP contribution in [-0.4, -0.2) is 37.4 Å². The molecule has 1 aromatic rings. The Hall–Kier alpha value is -1.60. The van der Waals surface area contributed by atoms with Gasteiger partial charge in [-0.25, -0.2) is 0 Å². The smallest absolute Gasteiger partial charge is 0.304 e. The highest BCUT2D eigenvalue weighted by atomic mass is 32.2. The normalized spacial score (nSPS) is 11.8. The van der Waals surface area contributed by atoms with E-state index in [0.717, 1.165) is 9.87 Å². The quantitative estimate of drug-likeness (QED) is 0.805. The summed E-state index contributed by atoms with van der Waals surface area (Å²) in [7, 11) is -2.39. The Morgan fingerprint density at radius 3 is 2.60 bits per heavy atom. The number of hydrogen-bond acceptors (Lipinski definition) is 3. The fourth-order valence-electron chi connectivity index (χ4n) is 1.56. The van der Waals surface area contributed by atoms with Gasteiger partial charge in [-0.2, -0.15) is 12.7 Å². The van der Waals surface area contributed by atoms with Gasteiger partial charge in [-0.1, -0.05) is 26.0 Å². The SMILES string of the molecule is CC(C)c1cccc(NS(=O)(=O)N(C)CCC(=O)O)c1. The van der Waals surface area contributed by atoms with E-state index in [4.69, 9.17) is 5.11 Å². The molecule has 20 heavy (non-hydrogen) atoms. The summed E-state index contributed by atoms with van der Waals surface area (Å²) in [5.41, 5.74) is 1.50. The minimum Gasteiger partial charge on any atom is -0.481 e. The Labute approximate surface area is 119 Å². The van der Waals surface area contributed by atoms with E-state index < -0.39 is 16.2 Å². The molecule has 0 aromatic heterocycles. The second kappa shape index (κ2) is 6.71. The van der Waals surface area contributed by atoms with Crippen molar-refractivity contribution in [2.24, 2.45) is 0 Å². The number of aliphatic carboxylic acids is 1. The maximum absolute atomic E-state index is 12.0. The van der Waals surface area contributed by atoms with Gasteiger partial charge < -0.3 is 5.11 Å². The van der Waals surface area contributed by atoms with E-state index in [1.807, 2.05) is 19.9 Å². The first-order chi connectivity index (χ1) is 9.22. The highest BCUT2D eigenvalue weighted by molar-refractivity contribution is 7.90. The van der Waals surface area contributed by atoms with Crippen molar-refractivity contribution in [1.82, 2.24) is 4.31 Å². The number of nitrogens with zero attached hydrogens (tertiary/aromatic N) is 1. The Balaban J connectivity index is 2.80. The molecule has 0 radical (unpaired) electrons. The van der Waals surface area contributed by atoms with Gasteiger partial charge in [0.15, 0.2) is 0 Å². The molecule has 1 rings (SSSR count). The number of carbonyl (C=O) groups is 1. The van der Waals surface area contributed by atoms with Crippen LogP contribution in [0, 0.1) is 0 Å². The average Bonchev–Trinajstić information content (AvgIpc) is 2.35. The van der Waals surface area contributed by atoms with Crippen LogP contribution >= 0.6 is 0 Å². The lowest BCUT2D eigenvalue weighted by molar-refractivity contribution is -0.137. The molecule has 7 heteroatoms. The van der Waals surface area contributed by atoms with E-state index in [2.05, 4.69) is 4.72 Å². The van der Waals surface area contributed by atoms with E-state index in [0.29, 0.717) is 11.6 Å². The van der Waals surface area contributed by atoms with Crippen molar-refractivity contribution in [2.75, 3.05) is 18.3 Å². The summed E-state index contributed by atoms with van der Waals surface area (Å²) in [6, 6.07) is 7.14. The Kier molecular flexibility index (Phi) is 5.52. The van der Waals surface area contributed by atoms with Crippen LogP contribution in [0.2, 0.25) is 0 Å². The topological polar surface area (TPSA) is 86.7 Å². The van der Waals surface area contributed by atoms with E-state index in [1.165, 1.54) is 7.05 Å². The van der Waals surface area contributed by atoms with E-state index in [-0.39, 0.29) is 13.0 Å². The lowest BCUT2D eigenvalue weighted by Gasteiger charge is -2.18. The van der Waals surface area contributed by atoms with Crippen molar-refractivity contribution in [3.05, 3.63) is 29.8 Å². The molecule has 0 saturated carbocycles. The molecule has 0 amide bonds. The molecule has 0 unspecified atom stereocenters. The molecule has 6 nitrogen and oxygen atoms in total. The van der Waals surface area contributed by atoms with Gasteiger partial charge in [0.1, 0.15) is 0 Å². The van der Waals surface area contributed by atoms with Crippen molar-refractivity contribution >= 4 is 21.9 Å². The lowest BCUT2D eigenvalue weighted by Crippen LogP contribution is -2.34. The molecule has 112 valence electrons. The van der Waals surface area contributed by atoms with Crippen LogP contribution in [0.1, 0.15) is 31.7 Å². The number of hydrogen-bond donors (Lipinski definition) is 2. The lowest BCUT2D eigenvalue weighted by atomic mass is 10.0. The summed E-state index contributed by atoms with van der Waals surface area (Å²) in [5.74, 6) is -0.738. The van der Waals surface area contributed by atoms with E-state index in [9.17, 15) is 13.2 Å². The molecule has 0 fully saturated rings. The predicted octanol–water partition coefficient (Wildman–Crippen LogP) is 1.87. The number of nitrogens with one attached hydrogen (secondary N) is 1. The zero-order chi connectivity index (χ0) is 15.3. The summed E-state index contributed by atoms with van der Waals surface area (Å²) in [5, 5.41) is 8.57. The zero-order valence-corrected chi connectivity index (χ0v) is 12.6. The zero-order valence-electron chi connectivity index (χ0n) is 11.8. The second-order valence-corrected chi connectivity index (χ2v) is 6.63. The maximum Gasteiger partial charge on any atom is 0.304 e. The summed E-state index contributed by atoms with van der Waals surface area (Å²) >= 11 is 0. The molecule has 2 N–H and O–H groups in total. The first-order valence-electron chi connectivity index (χ1n) is 6.28. The minimum absolute atomic E-state index is 0.0749. The van der Waals surface area contributed by atoms with Gasteiger partial charge in [0.2, 0.25) is 0 Å².